The maximum atomic E-state index is 14.5. The van der Waals surface area contributed by atoms with E-state index in [1.165, 1.54) is 17.2 Å². The van der Waals surface area contributed by atoms with E-state index < -0.39 is 0 Å². The van der Waals surface area contributed by atoms with Crippen LogP contribution in [0.2, 0.25) is 0 Å². The van der Waals surface area contributed by atoms with Crippen molar-refractivity contribution in [1.82, 2.24) is 9.47 Å². The summed E-state index contributed by atoms with van der Waals surface area (Å²) in [5.74, 6) is -0.179. The molecule has 0 atom stereocenters. The second kappa shape index (κ2) is 5.80. The summed E-state index contributed by atoms with van der Waals surface area (Å²) in [6.07, 6.45) is 2.16. The third-order valence-corrected chi connectivity index (χ3v) is 4.57. The molecule has 122 valence electrons. The predicted octanol–water partition coefficient (Wildman–Crippen LogP) is 3.87. The van der Waals surface area contributed by atoms with Crippen LogP contribution < -0.4 is 5.73 Å². The lowest BCUT2D eigenvalue weighted by Crippen LogP contribution is -2.11. The summed E-state index contributed by atoms with van der Waals surface area (Å²) in [4.78, 5) is 2.25. The van der Waals surface area contributed by atoms with Crippen molar-refractivity contribution in [3.63, 3.8) is 0 Å². The zero-order chi connectivity index (χ0) is 16.7. The lowest BCUT2D eigenvalue weighted by Gasteiger charge is -2.15. The molecule has 1 aliphatic rings. The minimum absolute atomic E-state index is 0.179. The van der Waals surface area contributed by atoms with Crippen molar-refractivity contribution in [3.05, 3.63) is 77.2 Å². The molecule has 2 aromatic carbocycles. The van der Waals surface area contributed by atoms with E-state index in [4.69, 9.17) is 5.73 Å². The van der Waals surface area contributed by atoms with Crippen molar-refractivity contribution in [3.8, 4) is 11.3 Å². The van der Waals surface area contributed by atoms with Gasteiger partial charge < -0.3 is 10.3 Å². The van der Waals surface area contributed by atoms with E-state index in [2.05, 4.69) is 28.8 Å². The zero-order valence-electron chi connectivity index (χ0n) is 13.7. The molecule has 3 nitrogen and oxygen atoms in total. The first kappa shape index (κ1) is 15.0. The van der Waals surface area contributed by atoms with Crippen molar-refractivity contribution in [2.24, 2.45) is 0 Å². The quantitative estimate of drug-likeness (QED) is 0.743. The molecule has 3 aromatic rings. The monoisotopic (exact) mass is 321 g/mol. The van der Waals surface area contributed by atoms with Crippen LogP contribution in [0.25, 0.3) is 11.3 Å². The van der Waals surface area contributed by atoms with Crippen molar-refractivity contribution < 1.29 is 4.39 Å². The fourth-order valence-electron chi connectivity index (χ4n) is 3.57. The van der Waals surface area contributed by atoms with Crippen molar-refractivity contribution >= 4 is 5.69 Å². The van der Waals surface area contributed by atoms with Crippen LogP contribution in [0.15, 0.2) is 54.7 Å². The Balaban J connectivity index is 1.83. The van der Waals surface area contributed by atoms with Gasteiger partial charge in [-0.2, -0.15) is 0 Å². The molecule has 4 heteroatoms. The first-order valence-electron chi connectivity index (χ1n) is 8.10. The van der Waals surface area contributed by atoms with Gasteiger partial charge in [0, 0.05) is 37.1 Å². The average Bonchev–Trinajstić information content (AvgIpc) is 3.04. The van der Waals surface area contributed by atoms with E-state index in [1.54, 1.807) is 6.07 Å². The number of aromatic nitrogens is 1. The first-order valence-corrected chi connectivity index (χ1v) is 8.10. The molecule has 0 saturated heterocycles. The number of fused-ring (bicyclic) bond motifs is 1. The van der Waals surface area contributed by atoms with Gasteiger partial charge >= 0.3 is 0 Å². The van der Waals surface area contributed by atoms with Gasteiger partial charge in [-0.25, -0.2) is 4.39 Å². The molecule has 0 fully saturated rings. The molecule has 2 heterocycles. The van der Waals surface area contributed by atoms with Crippen LogP contribution in [-0.2, 0) is 19.6 Å². The Hall–Kier alpha value is -2.59. The van der Waals surface area contributed by atoms with Crippen LogP contribution in [0.5, 0.6) is 0 Å². The van der Waals surface area contributed by atoms with Gasteiger partial charge in [-0.15, -0.1) is 0 Å². The maximum absolute atomic E-state index is 14.5. The SMILES string of the molecule is CN1Cc2cn(Cc3cccc(N)c3)c(-c3ccccc3F)c2C1. The van der Waals surface area contributed by atoms with Crippen molar-refractivity contribution in [2.75, 3.05) is 12.8 Å². The Kier molecular flexibility index (Phi) is 3.62. The topological polar surface area (TPSA) is 34.2 Å². The summed E-state index contributed by atoms with van der Waals surface area (Å²) in [5, 5.41) is 0. The number of rotatable bonds is 3. The highest BCUT2D eigenvalue weighted by Crippen LogP contribution is 2.35. The van der Waals surface area contributed by atoms with Crippen LogP contribution in [-0.4, -0.2) is 16.5 Å². The standard InChI is InChI=1S/C20H20FN3/c1-23-11-15-12-24(10-14-5-4-6-16(22)9-14)20(18(15)13-23)17-7-2-3-8-19(17)21/h2-9,12H,10-11,13,22H2,1H3. The zero-order valence-corrected chi connectivity index (χ0v) is 13.7. The van der Waals surface area contributed by atoms with Gasteiger partial charge in [-0.05, 0) is 48.0 Å². The van der Waals surface area contributed by atoms with Gasteiger partial charge in [0.1, 0.15) is 5.82 Å². The van der Waals surface area contributed by atoms with Crippen molar-refractivity contribution in [1.29, 1.82) is 0 Å². The van der Waals surface area contributed by atoms with E-state index in [9.17, 15) is 4.39 Å². The summed E-state index contributed by atoms with van der Waals surface area (Å²) in [6.45, 7) is 2.44. The summed E-state index contributed by atoms with van der Waals surface area (Å²) in [7, 11) is 2.09. The van der Waals surface area contributed by atoms with E-state index in [-0.39, 0.29) is 5.82 Å². The van der Waals surface area contributed by atoms with Gasteiger partial charge in [-0.1, -0.05) is 24.3 Å². The number of nitrogens with zero attached hydrogens (tertiary/aromatic N) is 2. The molecular formula is C20H20FN3. The van der Waals surface area contributed by atoms with Gasteiger partial charge in [0.25, 0.3) is 0 Å². The Labute approximate surface area is 141 Å². The molecule has 0 saturated carbocycles. The first-order chi connectivity index (χ1) is 11.6. The molecule has 1 aromatic heterocycles. The lowest BCUT2D eigenvalue weighted by molar-refractivity contribution is 0.351. The van der Waals surface area contributed by atoms with Crippen LogP contribution in [0, 0.1) is 5.82 Å². The summed E-state index contributed by atoms with van der Waals surface area (Å²) < 4.78 is 16.6. The highest BCUT2D eigenvalue weighted by atomic mass is 19.1. The number of benzene rings is 2. The minimum Gasteiger partial charge on any atom is -0.399 e. The van der Waals surface area contributed by atoms with Gasteiger partial charge in [0.15, 0.2) is 0 Å². The van der Waals surface area contributed by atoms with E-state index in [0.29, 0.717) is 12.1 Å². The van der Waals surface area contributed by atoms with Crippen LogP contribution >= 0.6 is 0 Å². The largest absolute Gasteiger partial charge is 0.399 e. The molecule has 0 spiro atoms. The summed E-state index contributed by atoms with van der Waals surface area (Å²) in [6, 6.07) is 14.9. The van der Waals surface area contributed by atoms with Crippen LogP contribution in [0.3, 0.4) is 0 Å². The van der Waals surface area contributed by atoms with Crippen molar-refractivity contribution in [2.45, 2.75) is 19.6 Å². The molecule has 4 rings (SSSR count). The smallest absolute Gasteiger partial charge is 0.132 e. The number of halogens is 1. The Bertz CT molecular complexity index is 898. The molecule has 2 N–H and O–H groups in total. The number of nitrogens with two attached hydrogens (primary N) is 1. The fraction of sp³-hybridized carbons (Fsp3) is 0.200. The second-order valence-corrected chi connectivity index (χ2v) is 6.51. The Morgan fingerprint density at radius 3 is 2.71 bits per heavy atom. The third-order valence-electron chi connectivity index (χ3n) is 4.57. The van der Waals surface area contributed by atoms with Gasteiger partial charge in [0.2, 0.25) is 0 Å². The molecule has 0 unspecified atom stereocenters. The number of nitrogen functional groups attached to an aromatic ring is 1. The Morgan fingerprint density at radius 1 is 1.08 bits per heavy atom. The highest BCUT2D eigenvalue weighted by Gasteiger charge is 2.25. The van der Waals surface area contributed by atoms with Gasteiger partial charge in [0.05, 0.1) is 5.69 Å². The van der Waals surface area contributed by atoms with E-state index >= 15 is 0 Å². The average molecular weight is 321 g/mol. The van der Waals surface area contributed by atoms with Crippen LogP contribution in [0.4, 0.5) is 10.1 Å². The summed E-state index contributed by atoms with van der Waals surface area (Å²) >= 11 is 0. The van der Waals surface area contributed by atoms with E-state index in [1.807, 2.05) is 30.3 Å². The number of hydrogen-bond acceptors (Lipinski definition) is 2. The molecule has 1 aliphatic heterocycles. The second-order valence-electron chi connectivity index (χ2n) is 6.51. The highest BCUT2D eigenvalue weighted by molar-refractivity contribution is 5.68. The molecule has 0 aliphatic carbocycles. The fourth-order valence-corrected chi connectivity index (χ4v) is 3.57. The lowest BCUT2D eigenvalue weighted by atomic mass is 10.1. The number of anilines is 1. The molecule has 0 amide bonds. The van der Waals surface area contributed by atoms with E-state index in [0.717, 1.165) is 30.0 Å². The number of hydrogen-bond donors (Lipinski definition) is 1. The minimum atomic E-state index is -0.179. The third kappa shape index (κ3) is 2.59. The predicted molar refractivity (Wildman–Crippen MR) is 95.0 cm³/mol. The molecule has 0 bridgehead atoms. The van der Waals surface area contributed by atoms with Gasteiger partial charge in [-0.3, -0.25) is 4.90 Å². The normalized spacial score (nSPS) is 14.1. The molecule has 24 heavy (non-hydrogen) atoms. The molecular weight excluding hydrogens is 301 g/mol. The van der Waals surface area contributed by atoms with Crippen LogP contribution in [0.1, 0.15) is 16.7 Å². The Morgan fingerprint density at radius 2 is 1.92 bits per heavy atom. The maximum Gasteiger partial charge on any atom is 0.132 e. The molecule has 0 radical (unpaired) electrons. The summed E-state index contributed by atoms with van der Waals surface area (Å²) in [5.41, 5.74) is 11.9.